The molecule has 4 heterocycles. The van der Waals surface area contributed by atoms with E-state index in [0.29, 0.717) is 28.7 Å². The third-order valence-electron chi connectivity index (χ3n) is 5.50. The van der Waals surface area contributed by atoms with Gasteiger partial charge in [-0.05, 0) is 36.2 Å². The Morgan fingerprint density at radius 2 is 2.10 bits per heavy atom. The molecule has 2 atom stereocenters. The highest BCUT2D eigenvalue weighted by molar-refractivity contribution is 6.30. The second-order valence-corrected chi connectivity index (χ2v) is 8.00. The summed E-state index contributed by atoms with van der Waals surface area (Å²) in [5.41, 5.74) is 1.32. The molecule has 30 heavy (non-hydrogen) atoms. The summed E-state index contributed by atoms with van der Waals surface area (Å²) < 4.78 is 6.91. The number of pyridine rings is 1. The maximum absolute atomic E-state index is 12.7. The average Bonchev–Trinajstić information content (AvgIpc) is 3.37. The Bertz CT molecular complexity index is 1270. The smallest absolute Gasteiger partial charge is 0.263 e. The number of fused-ring (bicyclic) bond motifs is 1. The quantitative estimate of drug-likeness (QED) is 0.499. The lowest BCUT2D eigenvalue weighted by Gasteiger charge is -2.18. The number of rotatable bonds is 4. The first-order valence-corrected chi connectivity index (χ1v) is 10.1. The van der Waals surface area contributed by atoms with E-state index in [1.165, 1.54) is 10.9 Å². The van der Waals surface area contributed by atoms with Gasteiger partial charge in [-0.25, -0.2) is 9.97 Å². The fourth-order valence-corrected chi connectivity index (χ4v) is 4.11. The van der Waals surface area contributed by atoms with Gasteiger partial charge in [-0.15, -0.1) is 0 Å². The lowest BCUT2D eigenvalue weighted by molar-refractivity contribution is 0.359. The maximum atomic E-state index is 12.7. The Morgan fingerprint density at radius 3 is 2.97 bits per heavy atom. The summed E-state index contributed by atoms with van der Waals surface area (Å²) in [5, 5.41) is 5.37. The molecule has 1 aliphatic rings. The van der Waals surface area contributed by atoms with Gasteiger partial charge in [0.15, 0.2) is 11.5 Å². The van der Waals surface area contributed by atoms with Gasteiger partial charge >= 0.3 is 0 Å². The molecular weight excluding hydrogens is 404 g/mol. The van der Waals surface area contributed by atoms with Crippen LogP contribution in [-0.4, -0.2) is 37.8 Å². The molecule has 1 aliphatic heterocycles. The van der Waals surface area contributed by atoms with Crippen molar-refractivity contribution in [2.75, 3.05) is 18.0 Å². The van der Waals surface area contributed by atoms with Gasteiger partial charge in [0.05, 0.1) is 5.39 Å². The third kappa shape index (κ3) is 3.43. The molecule has 5 rings (SSSR count). The normalized spacial score (nSPS) is 18.9. The van der Waals surface area contributed by atoms with Crippen LogP contribution < -0.4 is 10.5 Å². The zero-order chi connectivity index (χ0) is 20.7. The summed E-state index contributed by atoms with van der Waals surface area (Å²) >= 11 is 6.14. The summed E-state index contributed by atoms with van der Waals surface area (Å²) in [4.78, 5) is 27.8. The van der Waals surface area contributed by atoms with Crippen molar-refractivity contribution in [1.29, 1.82) is 0 Å². The molecule has 152 valence electrons. The van der Waals surface area contributed by atoms with Gasteiger partial charge in [-0.1, -0.05) is 29.7 Å². The van der Waals surface area contributed by atoms with E-state index in [1.807, 2.05) is 18.2 Å². The number of hydrogen-bond donors (Lipinski definition) is 0. The Morgan fingerprint density at radius 1 is 1.20 bits per heavy atom. The minimum absolute atomic E-state index is 0.136. The lowest BCUT2D eigenvalue weighted by atomic mass is 9.98. The molecule has 1 fully saturated rings. The molecule has 0 amide bonds. The van der Waals surface area contributed by atoms with Crippen LogP contribution in [0.25, 0.3) is 11.0 Å². The Hall–Kier alpha value is -3.26. The van der Waals surface area contributed by atoms with Crippen LogP contribution in [-0.2, 0) is 6.54 Å². The van der Waals surface area contributed by atoms with Crippen LogP contribution in [0.1, 0.15) is 24.6 Å². The average molecular weight is 423 g/mol. The minimum Gasteiger partial charge on any atom is -0.370 e. The van der Waals surface area contributed by atoms with Crippen molar-refractivity contribution in [2.45, 2.75) is 19.4 Å². The van der Waals surface area contributed by atoms with Gasteiger partial charge in [0, 0.05) is 35.9 Å². The summed E-state index contributed by atoms with van der Waals surface area (Å²) in [6.45, 7) is 4.01. The molecule has 0 saturated carbocycles. The first kappa shape index (κ1) is 18.7. The standard InChI is InChI=1S/C21H19ClN6O2/c1-13-9-27(15-5-2-4-14(22)8-15)10-17(13)20-25-18(30-26-20)11-28-12-24-19-16(21(28)29)6-3-7-23-19/h2-8,12-13,17H,9-11H2,1H3. The van der Waals surface area contributed by atoms with E-state index in [9.17, 15) is 4.79 Å². The summed E-state index contributed by atoms with van der Waals surface area (Å²) in [7, 11) is 0. The van der Waals surface area contributed by atoms with Crippen molar-refractivity contribution >= 4 is 28.3 Å². The van der Waals surface area contributed by atoms with Crippen LogP contribution in [0, 0.1) is 5.92 Å². The van der Waals surface area contributed by atoms with Gasteiger partial charge < -0.3 is 9.42 Å². The first-order valence-electron chi connectivity index (χ1n) is 9.71. The van der Waals surface area contributed by atoms with Crippen molar-refractivity contribution in [3.05, 3.63) is 76.0 Å². The van der Waals surface area contributed by atoms with E-state index in [1.54, 1.807) is 18.3 Å². The van der Waals surface area contributed by atoms with E-state index < -0.39 is 0 Å². The molecular formula is C21H19ClN6O2. The largest absolute Gasteiger partial charge is 0.370 e. The maximum Gasteiger partial charge on any atom is 0.263 e. The number of anilines is 1. The Labute approximate surface area is 177 Å². The highest BCUT2D eigenvalue weighted by Gasteiger charge is 2.34. The van der Waals surface area contributed by atoms with Crippen molar-refractivity contribution in [2.24, 2.45) is 5.92 Å². The molecule has 0 radical (unpaired) electrons. The molecule has 0 aliphatic carbocycles. The third-order valence-corrected chi connectivity index (χ3v) is 5.74. The topological polar surface area (TPSA) is 89.9 Å². The summed E-state index contributed by atoms with van der Waals surface area (Å²) in [5.74, 6) is 1.53. The van der Waals surface area contributed by atoms with Gasteiger partial charge in [0.25, 0.3) is 5.56 Å². The van der Waals surface area contributed by atoms with Crippen LogP contribution >= 0.6 is 11.6 Å². The predicted octanol–water partition coefficient (Wildman–Crippen LogP) is 3.12. The van der Waals surface area contributed by atoms with Crippen LogP contribution in [0.2, 0.25) is 5.02 Å². The summed E-state index contributed by atoms with van der Waals surface area (Å²) in [6, 6.07) is 11.3. The lowest BCUT2D eigenvalue weighted by Crippen LogP contribution is -2.21. The van der Waals surface area contributed by atoms with Gasteiger partial charge in [-0.2, -0.15) is 4.98 Å². The first-order chi connectivity index (χ1) is 14.6. The molecule has 0 N–H and O–H groups in total. The second-order valence-electron chi connectivity index (χ2n) is 7.57. The zero-order valence-corrected chi connectivity index (χ0v) is 17.0. The fraction of sp³-hybridized carbons (Fsp3) is 0.286. The van der Waals surface area contributed by atoms with E-state index in [4.69, 9.17) is 16.1 Å². The minimum atomic E-state index is -0.186. The molecule has 9 heteroatoms. The Kier molecular flexibility index (Phi) is 4.71. The zero-order valence-electron chi connectivity index (χ0n) is 16.3. The monoisotopic (exact) mass is 422 g/mol. The molecule has 0 bridgehead atoms. The number of hydrogen-bond acceptors (Lipinski definition) is 7. The molecule has 0 spiro atoms. The molecule has 8 nitrogen and oxygen atoms in total. The van der Waals surface area contributed by atoms with Crippen molar-refractivity contribution in [3.8, 4) is 0 Å². The molecule has 2 unspecified atom stereocenters. The predicted molar refractivity (Wildman–Crippen MR) is 113 cm³/mol. The van der Waals surface area contributed by atoms with Crippen molar-refractivity contribution in [1.82, 2.24) is 24.7 Å². The molecule has 3 aromatic heterocycles. The number of nitrogens with zero attached hydrogens (tertiary/aromatic N) is 6. The number of halogens is 1. The Balaban J connectivity index is 1.36. The van der Waals surface area contributed by atoms with Crippen molar-refractivity contribution < 1.29 is 4.52 Å². The van der Waals surface area contributed by atoms with E-state index in [-0.39, 0.29) is 18.0 Å². The van der Waals surface area contributed by atoms with Gasteiger partial charge in [-0.3, -0.25) is 9.36 Å². The van der Waals surface area contributed by atoms with E-state index in [0.717, 1.165) is 23.8 Å². The number of benzene rings is 1. The number of aromatic nitrogens is 5. The van der Waals surface area contributed by atoms with Gasteiger partial charge in [0.1, 0.15) is 12.9 Å². The van der Waals surface area contributed by atoms with Crippen LogP contribution in [0.3, 0.4) is 0 Å². The SMILES string of the molecule is CC1CN(c2cccc(Cl)c2)CC1c1noc(Cn2cnc3ncccc3c2=O)n1. The fourth-order valence-electron chi connectivity index (χ4n) is 3.93. The van der Waals surface area contributed by atoms with E-state index >= 15 is 0 Å². The molecule has 1 saturated heterocycles. The second kappa shape index (κ2) is 7.53. The van der Waals surface area contributed by atoms with Crippen molar-refractivity contribution in [3.63, 3.8) is 0 Å². The highest BCUT2D eigenvalue weighted by atomic mass is 35.5. The molecule has 4 aromatic rings. The van der Waals surface area contributed by atoms with Gasteiger partial charge in [0.2, 0.25) is 5.89 Å². The van der Waals surface area contributed by atoms with Crippen LogP contribution in [0.4, 0.5) is 5.69 Å². The van der Waals surface area contributed by atoms with Crippen LogP contribution in [0.15, 0.2) is 58.2 Å². The summed E-state index contributed by atoms with van der Waals surface area (Å²) in [6.07, 6.45) is 3.07. The highest BCUT2D eigenvalue weighted by Crippen LogP contribution is 2.34. The molecule has 1 aromatic carbocycles. The van der Waals surface area contributed by atoms with Crippen LogP contribution in [0.5, 0.6) is 0 Å². The van der Waals surface area contributed by atoms with E-state index in [2.05, 4.69) is 38.0 Å².